The number of hydrogen-bond acceptors (Lipinski definition) is 2. The zero-order chi connectivity index (χ0) is 11.0. The Bertz CT molecular complexity index is 487. The van der Waals surface area contributed by atoms with Crippen molar-refractivity contribution in [1.29, 1.82) is 0 Å². The standard InChI is InChI=1S/C10H6BrF2NO/c1-5-14-4-9(15-5)10-7(12)2-6(11)3-8(10)13/h2-4H,1H3. The number of halogens is 3. The second-order valence-electron chi connectivity index (χ2n) is 2.99. The van der Waals surface area contributed by atoms with Crippen LogP contribution in [0, 0.1) is 18.6 Å². The van der Waals surface area contributed by atoms with Crippen LogP contribution in [0.15, 0.2) is 27.2 Å². The maximum atomic E-state index is 13.4. The lowest BCUT2D eigenvalue weighted by Gasteiger charge is -2.01. The molecule has 1 heterocycles. The Morgan fingerprint density at radius 3 is 2.33 bits per heavy atom. The summed E-state index contributed by atoms with van der Waals surface area (Å²) in [4.78, 5) is 3.79. The van der Waals surface area contributed by atoms with Crippen molar-refractivity contribution < 1.29 is 13.2 Å². The smallest absolute Gasteiger partial charge is 0.191 e. The van der Waals surface area contributed by atoms with Gasteiger partial charge in [-0.2, -0.15) is 0 Å². The second-order valence-corrected chi connectivity index (χ2v) is 3.90. The van der Waals surface area contributed by atoms with E-state index in [2.05, 4.69) is 20.9 Å². The molecule has 2 nitrogen and oxygen atoms in total. The van der Waals surface area contributed by atoms with Crippen LogP contribution in [0.2, 0.25) is 0 Å². The van der Waals surface area contributed by atoms with Crippen LogP contribution in [-0.2, 0) is 0 Å². The molecule has 0 bridgehead atoms. The van der Waals surface area contributed by atoms with Crippen LogP contribution in [0.25, 0.3) is 11.3 Å². The summed E-state index contributed by atoms with van der Waals surface area (Å²) < 4.78 is 32.3. The average molecular weight is 274 g/mol. The molecule has 0 aliphatic rings. The van der Waals surface area contributed by atoms with E-state index < -0.39 is 11.6 Å². The highest BCUT2D eigenvalue weighted by molar-refractivity contribution is 9.10. The second kappa shape index (κ2) is 3.73. The van der Waals surface area contributed by atoms with Gasteiger partial charge in [-0.15, -0.1) is 0 Å². The van der Waals surface area contributed by atoms with E-state index in [1.807, 2.05) is 0 Å². The molecule has 15 heavy (non-hydrogen) atoms. The summed E-state index contributed by atoms with van der Waals surface area (Å²) in [6, 6.07) is 2.35. The fraction of sp³-hybridized carbons (Fsp3) is 0.100. The summed E-state index contributed by atoms with van der Waals surface area (Å²) in [5.41, 5.74) is -0.196. The third kappa shape index (κ3) is 1.92. The van der Waals surface area contributed by atoms with E-state index >= 15 is 0 Å². The number of benzene rings is 1. The number of hydrogen-bond donors (Lipinski definition) is 0. The zero-order valence-electron chi connectivity index (χ0n) is 7.72. The summed E-state index contributed by atoms with van der Waals surface area (Å²) in [6.07, 6.45) is 1.30. The van der Waals surface area contributed by atoms with Gasteiger partial charge in [-0.05, 0) is 12.1 Å². The monoisotopic (exact) mass is 273 g/mol. The predicted octanol–water partition coefficient (Wildman–Crippen LogP) is 3.69. The van der Waals surface area contributed by atoms with Gasteiger partial charge in [-0.1, -0.05) is 15.9 Å². The van der Waals surface area contributed by atoms with Crippen molar-refractivity contribution in [1.82, 2.24) is 4.98 Å². The fourth-order valence-corrected chi connectivity index (χ4v) is 1.66. The first-order valence-electron chi connectivity index (χ1n) is 4.15. The van der Waals surface area contributed by atoms with Crippen molar-refractivity contribution in [2.75, 3.05) is 0 Å². The van der Waals surface area contributed by atoms with E-state index in [4.69, 9.17) is 4.42 Å². The minimum atomic E-state index is -0.682. The highest BCUT2D eigenvalue weighted by atomic mass is 79.9. The summed E-state index contributed by atoms with van der Waals surface area (Å²) >= 11 is 3.00. The molecule has 0 radical (unpaired) electrons. The quantitative estimate of drug-likeness (QED) is 0.792. The maximum Gasteiger partial charge on any atom is 0.191 e. The van der Waals surface area contributed by atoms with Crippen molar-refractivity contribution in [3.8, 4) is 11.3 Å². The van der Waals surface area contributed by atoms with Gasteiger partial charge in [0.05, 0.1) is 11.8 Å². The van der Waals surface area contributed by atoms with Crippen molar-refractivity contribution >= 4 is 15.9 Å². The zero-order valence-corrected chi connectivity index (χ0v) is 9.31. The Morgan fingerprint density at radius 2 is 1.87 bits per heavy atom. The van der Waals surface area contributed by atoms with Crippen molar-refractivity contribution in [3.63, 3.8) is 0 Å². The normalized spacial score (nSPS) is 10.7. The van der Waals surface area contributed by atoms with Gasteiger partial charge < -0.3 is 4.42 Å². The number of rotatable bonds is 1. The van der Waals surface area contributed by atoms with Gasteiger partial charge >= 0.3 is 0 Å². The topological polar surface area (TPSA) is 26.0 Å². The summed E-state index contributed by atoms with van der Waals surface area (Å²) in [5, 5.41) is 0. The van der Waals surface area contributed by atoms with Crippen molar-refractivity contribution in [2.24, 2.45) is 0 Å². The van der Waals surface area contributed by atoms with Gasteiger partial charge in [-0.3, -0.25) is 0 Å². The molecule has 0 aliphatic heterocycles. The number of oxazole rings is 1. The minimum Gasteiger partial charge on any atom is -0.441 e. The molecular formula is C10H6BrF2NO. The molecule has 0 unspecified atom stereocenters. The maximum absolute atomic E-state index is 13.4. The number of nitrogens with zero attached hydrogens (tertiary/aromatic N) is 1. The molecule has 1 aromatic heterocycles. The first kappa shape index (κ1) is 10.3. The summed E-state index contributed by atoms with van der Waals surface area (Å²) in [5.74, 6) is -0.905. The van der Waals surface area contributed by atoms with Crippen LogP contribution >= 0.6 is 15.9 Å². The first-order valence-corrected chi connectivity index (χ1v) is 4.94. The Hall–Kier alpha value is -1.23. The summed E-state index contributed by atoms with van der Waals surface area (Å²) in [6.45, 7) is 1.61. The van der Waals surface area contributed by atoms with Crippen LogP contribution in [0.4, 0.5) is 8.78 Å². The molecular weight excluding hydrogens is 268 g/mol. The molecule has 0 N–H and O–H groups in total. The molecule has 0 aliphatic carbocycles. The molecule has 2 rings (SSSR count). The van der Waals surface area contributed by atoms with Crippen LogP contribution in [0.5, 0.6) is 0 Å². The average Bonchev–Trinajstić information content (AvgIpc) is 2.49. The molecule has 0 fully saturated rings. The van der Waals surface area contributed by atoms with Crippen LogP contribution < -0.4 is 0 Å². The molecule has 0 atom stereocenters. The van der Waals surface area contributed by atoms with Crippen LogP contribution in [-0.4, -0.2) is 4.98 Å². The molecule has 0 spiro atoms. The minimum absolute atomic E-state index is 0.0926. The van der Waals surface area contributed by atoms with Gasteiger partial charge in [0, 0.05) is 11.4 Å². The first-order chi connectivity index (χ1) is 7.08. The number of aryl methyl sites for hydroxylation is 1. The Morgan fingerprint density at radius 1 is 1.27 bits per heavy atom. The van der Waals surface area contributed by atoms with E-state index in [1.165, 1.54) is 18.3 Å². The van der Waals surface area contributed by atoms with Crippen LogP contribution in [0.1, 0.15) is 5.89 Å². The lowest BCUT2D eigenvalue weighted by atomic mass is 10.1. The van der Waals surface area contributed by atoms with Gasteiger partial charge in [0.25, 0.3) is 0 Å². The van der Waals surface area contributed by atoms with Gasteiger partial charge in [0.1, 0.15) is 11.6 Å². The third-order valence-electron chi connectivity index (χ3n) is 1.87. The Labute approximate surface area is 93.1 Å². The highest BCUT2D eigenvalue weighted by Crippen LogP contribution is 2.29. The van der Waals surface area contributed by atoms with Gasteiger partial charge in [0.2, 0.25) is 0 Å². The van der Waals surface area contributed by atoms with Crippen LogP contribution in [0.3, 0.4) is 0 Å². The SMILES string of the molecule is Cc1ncc(-c2c(F)cc(Br)cc2F)o1. The van der Waals surface area contributed by atoms with Gasteiger partial charge in [0.15, 0.2) is 11.7 Å². The Kier molecular flexibility index (Phi) is 2.56. The third-order valence-corrected chi connectivity index (χ3v) is 2.33. The Balaban J connectivity index is 2.62. The molecule has 0 amide bonds. The predicted molar refractivity (Wildman–Crippen MR) is 54.3 cm³/mol. The molecule has 0 saturated carbocycles. The fourth-order valence-electron chi connectivity index (χ4n) is 1.25. The largest absolute Gasteiger partial charge is 0.441 e. The highest BCUT2D eigenvalue weighted by Gasteiger charge is 2.16. The van der Waals surface area contributed by atoms with E-state index in [1.54, 1.807) is 6.92 Å². The van der Waals surface area contributed by atoms with Gasteiger partial charge in [-0.25, -0.2) is 13.8 Å². The van der Waals surface area contributed by atoms with Crippen molar-refractivity contribution in [3.05, 3.63) is 40.3 Å². The van der Waals surface area contributed by atoms with Crippen molar-refractivity contribution in [2.45, 2.75) is 6.92 Å². The molecule has 78 valence electrons. The molecule has 2 aromatic rings. The molecule has 1 aromatic carbocycles. The molecule has 5 heteroatoms. The summed E-state index contributed by atoms with van der Waals surface area (Å²) in [7, 11) is 0. The lowest BCUT2D eigenvalue weighted by molar-refractivity contribution is 0.518. The van der Waals surface area contributed by atoms with E-state index in [-0.39, 0.29) is 11.3 Å². The lowest BCUT2D eigenvalue weighted by Crippen LogP contribution is -1.88. The van der Waals surface area contributed by atoms with E-state index in [9.17, 15) is 8.78 Å². The van der Waals surface area contributed by atoms with E-state index in [0.29, 0.717) is 10.4 Å². The van der Waals surface area contributed by atoms with E-state index in [0.717, 1.165) is 0 Å². The molecule has 0 saturated heterocycles. The number of aromatic nitrogens is 1.